The highest BCUT2D eigenvalue weighted by Gasteiger charge is 2.43. The quantitative estimate of drug-likeness (QED) is 0.590. The van der Waals surface area contributed by atoms with Gasteiger partial charge in [0.25, 0.3) is 5.91 Å². The van der Waals surface area contributed by atoms with E-state index >= 15 is 0 Å². The molecule has 1 N–H and O–H groups in total. The fraction of sp³-hybridized carbons (Fsp3) is 0.417. The second kappa shape index (κ2) is 8.67. The van der Waals surface area contributed by atoms with Crippen molar-refractivity contribution in [3.8, 4) is 5.75 Å². The lowest BCUT2D eigenvalue weighted by Crippen LogP contribution is -2.51. The van der Waals surface area contributed by atoms with Gasteiger partial charge in [0.1, 0.15) is 17.1 Å². The maximum absolute atomic E-state index is 13.1. The molecule has 1 spiro atoms. The predicted molar refractivity (Wildman–Crippen MR) is 123 cm³/mol. The molecule has 2 aliphatic heterocycles. The zero-order valence-electron chi connectivity index (χ0n) is 18.4. The first-order chi connectivity index (χ1) is 15.5. The van der Waals surface area contributed by atoms with E-state index in [1.165, 1.54) is 0 Å². The summed E-state index contributed by atoms with van der Waals surface area (Å²) in [4.78, 5) is 19.7. The highest BCUT2D eigenvalue weighted by atomic mass is 32.2. The molecule has 0 saturated carbocycles. The summed E-state index contributed by atoms with van der Waals surface area (Å²) >= 11 is 1.58. The third kappa shape index (κ3) is 4.29. The van der Waals surface area contributed by atoms with Crippen LogP contribution >= 0.6 is 11.8 Å². The number of rotatable bonds is 5. The number of furan rings is 1. The van der Waals surface area contributed by atoms with Gasteiger partial charge in [0.2, 0.25) is 0 Å². The Morgan fingerprint density at radius 2 is 2.03 bits per heavy atom. The number of thioether (sulfide) groups is 1. The number of hydrogen-bond donors (Lipinski definition) is 1. The van der Waals surface area contributed by atoms with Crippen molar-refractivity contribution < 1.29 is 13.9 Å². The molecule has 32 heavy (non-hydrogen) atoms. The van der Waals surface area contributed by atoms with E-state index in [4.69, 9.17) is 9.15 Å². The number of carbonyl (C=O) groups is 1. The fourth-order valence-corrected chi connectivity index (χ4v) is 5.34. The van der Waals surface area contributed by atoms with Crippen LogP contribution in [-0.2, 0) is 12.8 Å². The minimum Gasteiger partial charge on any atom is -0.487 e. The summed E-state index contributed by atoms with van der Waals surface area (Å²) in [5.41, 5.74) is 0.800. The monoisotopic (exact) mass is 452 g/mol. The lowest BCUT2D eigenvalue weighted by Gasteiger charge is -2.46. The normalized spacial score (nSPS) is 20.0. The Balaban J connectivity index is 1.29. The number of nitrogens with zero attached hydrogens (tertiary/aromatic N) is 3. The van der Waals surface area contributed by atoms with Gasteiger partial charge in [-0.15, -0.1) is 0 Å². The zero-order valence-corrected chi connectivity index (χ0v) is 19.2. The number of ether oxygens (including phenoxy) is 1. The molecule has 4 heterocycles. The number of carbonyl (C=O) groups excluding carboxylic acids is 1. The SMILES string of the molecule is CN1CCC2(CC1)CC(NC(=O)c1ccc(CSc3nccn3C)o1)c1ccccc1O2. The van der Waals surface area contributed by atoms with Crippen molar-refractivity contribution >= 4 is 17.7 Å². The van der Waals surface area contributed by atoms with Gasteiger partial charge in [0.05, 0.1) is 11.8 Å². The molecule has 0 bridgehead atoms. The standard InChI is InChI=1S/C24H28N4O3S/c1-27-12-9-24(10-13-27)15-19(18-5-3-4-6-20(18)31-24)26-22(29)21-8-7-17(30-21)16-32-23-25-11-14-28(23)2/h3-8,11,14,19H,9-10,12-13,15-16H2,1-2H3,(H,26,29). The van der Waals surface area contributed by atoms with Crippen LogP contribution in [0.2, 0.25) is 0 Å². The first-order valence-corrected chi connectivity index (χ1v) is 12.0. The minimum atomic E-state index is -0.230. The molecule has 3 aromatic rings. The van der Waals surface area contributed by atoms with Crippen LogP contribution < -0.4 is 10.1 Å². The number of fused-ring (bicyclic) bond motifs is 1. The number of nitrogens with one attached hydrogen (secondary N) is 1. The van der Waals surface area contributed by atoms with E-state index in [2.05, 4.69) is 22.2 Å². The lowest BCUT2D eigenvalue weighted by molar-refractivity contribution is -0.0196. The van der Waals surface area contributed by atoms with Crippen molar-refractivity contribution in [2.75, 3.05) is 20.1 Å². The summed E-state index contributed by atoms with van der Waals surface area (Å²) in [5, 5.41) is 4.13. The van der Waals surface area contributed by atoms with Gasteiger partial charge in [-0.1, -0.05) is 30.0 Å². The molecule has 1 amide bonds. The zero-order chi connectivity index (χ0) is 22.1. The van der Waals surface area contributed by atoms with Crippen molar-refractivity contribution in [2.45, 2.75) is 41.8 Å². The van der Waals surface area contributed by atoms with Gasteiger partial charge < -0.3 is 23.9 Å². The second-order valence-electron chi connectivity index (χ2n) is 8.73. The summed E-state index contributed by atoms with van der Waals surface area (Å²) < 4.78 is 14.3. The Morgan fingerprint density at radius 3 is 2.81 bits per heavy atom. The number of benzene rings is 1. The molecule has 5 rings (SSSR count). The van der Waals surface area contributed by atoms with E-state index in [1.807, 2.05) is 48.1 Å². The number of aryl methyl sites for hydroxylation is 1. The van der Waals surface area contributed by atoms with Crippen molar-refractivity contribution in [1.82, 2.24) is 19.8 Å². The molecule has 2 aliphatic rings. The van der Waals surface area contributed by atoms with Crippen molar-refractivity contribution in [1.29, 1.82) is 0 Å². The van der Waals surface area contributed by atoms with E-state index in [1.54, 1.807) is 24.0 Å². The van der Waals surface area contributed by atoms with Gasteiger partial charge in [-0.2, -0.15) is 0 Å². The average Bonchev–Trinajstić information content (AvgIpc) is 3.43. The summed E-state index contributed by atoms with van der Waals surface area (Å²) in [6.07, 6.45) is 6.36. The molecular formula is C24H28N4O3S. The van der Waals surface area contributed by atoms with Gasteiger partial charge in [0.15, 0.2) is 10.9 Å². The van der Waals surface area contributed by atoms with Crippen molar-refractivity contribution in [3.05, 3.63) is 65.9 Å². The highest BCUT2D eigenvalue weighted by Crippen LogP contribution is 2.44. The second-order valence-corrected chi connectivity index (χ2v) is 9.67. The number of aromatic nitrogens is 2. The van der Waals surface area contributed by atoms with E-state index in [-0.39, 0.29) is 17.6 Å². The van der Waals surface area contributed by atoms with Gasteiger partial charge >= 0.3 is 0 Å². The predicted octanol–water partition coefficient (Wildman–Crippen LogP) is 4.02. The van der Waals surface area contributed by atoms with Crippen LogP contribution in [0.15, 0.2) is 58.4 Å². The number of amides is 1. The molecule has 1 fully saturated rings. The molecule has 1 aromatic carbocycles. The smallest absolute Gasteiger partial charge is 0.287 e. The largest absolute Gasteiger partial charge is 0.487 e. The Bertz CT molecular complexity index is 1100. The van der Waals surface area contributed by atoms with Gasteiger partial charge in [0, 0.05) is 44.5 Å². The summed E-state index contributed by atoms with van der Waals surface area (Å²) in [7, 11) is 4.10. The van der Waals surface area contributed by atoms with E-state index < -0.39 is 0 Å². The molecule has 1 unspecified atom stereocenters. The van der Waals surface area contributed by atoms with Gasteiger partial charge in [-0.25, -0.2) is 4.98 Å². The van der Waals surface area contributed by atoms with Crippen LogP contribution in [-0.4, -0.2) is 46.1 Å². The fourth-order valence-electron chi connectivity index (χ4n) is 4.51. The molecule has 2 aromatic heterocycles. The molecule has 0 aliphatic carbocycles. The summed E-state index contributed by atoms with van der Waals surface area (Å²) in [6, 6.07) is 11.5. The van der Waals surface area contributed by atoms with Crippen molar-refractivity contribution in [3.63, 3.8) is 0 Å². The van der Waals surface area contributed by atoms with E-state index in [0.29, 0.717) is 11.5 Å². The number of hydrogen-bond acceptors (Lipinski definition) is 6. The third-order valence-corrected chi connectivity index (χ3v) is 7.49. The number of para-hydroxylation sites is 1. The van der Waals surface area contributed by atoms with Gasteiger partial charge in [-0.05, 0) is 38.1 Å². The number of piperidine rings is 1. The Kier molecular flexibility index (Phi) is 5.73. The average molecular weight is 453 g/mol. The van der Waals surface area contributed by atoms with Crippen molar-refractivity contribution in [2.24, 2.45) is 7.05 Å². The van der Waals surface area contributed by atoms with E-state index in [9.17, 15) is 4.79 Å². The summed E-state index contributed by atoms with van der Waals surface area (Å²) in [5.74, 6) is 2.39. The molecule has 168 valence electrons. The van der Waals surface area contributed by atoms with Crippen LogP contribution in [0.25, 0.3) is 0 Å². The molecule has 0 radical (unpaired) electrons. The first-order valence-electron chi connectivity index (χ1n) is 11.0. The van der Waals surface area contributed by atoms with Gasteiger partial charge in [-0.3, -0.25) is 4.79 Å². The highest BCUT2D eigenvalue weighted by molar-refractivity contribution is 7.98. The topological polar surface area (TPSA) is 72.5 Å². The molecule has 1 saturated heterocycles. The maximum Gasteiger partial charge on any atom is 0.287 e. The Hall–Kier alpha value is -2.71. The van der Waals surface area contributed by atoms with Crippen LogP contribution in [0.4, 0.5) is 0 Å². The minimum absolute atomic E-state index is 0.105. The number of imidazole rings is 1. The molecule has 7 nitrogen and oxygen atoms in total. The summed E-state index contributed by atoms with van der Waals surface area (Å²) in [6.45, 7) is 2.00. The number of likely N-dealkylation sites (tertiary alicyclic amines) is 1. The molecule has 1 atom stereocenters. The Labute approximate surface area is 192 Å². The lowest BCUT2D eigenvalue weighted by atomic mass is 9.80. The molecule has 8 heteroatoms. The Morgan fingerprint density at radius 1 is 1.22 bits per heavy atom. The van der Waals surface area contributed by atoms with E-state index in [0.717, 1.165) is 54.6 Å². The van der Waals surface area contributed by atoms with Crippen LogP contribution in [0.5, 0.6) is 5.75 Å². The first kappa shape index (κ1) is 21.2. The van der Waals surface area contributed by atoms with Crippen LogP contribution in [0.3, 0.4) is 0 Å². The molecular weight excluding hydrogens is 424 g/mol. The maximum atomic E-state index is 13.1. The third-order valence-electron chi connectivity index (χ3n) is 6.41. The van der Waals surface area contributed by atoms with Crippen LogP contribution in [0.1, 0.15) is 47.2 Å². The van der Waals surface area contributed by atoms with Crippen LogP contribution in [0, 0.1) is 0 Å².